The number of ether oxygens (including phenoxy) is 1. The van der Waals surface area contributed by atoms with Crippen molar-refractivity contribution in [1.82, 2.24) is 5.32 Å². The zero-order valence-corrected chi connectivity index (χ0v) is 13.1. The molecule has 4 nitrogen and oxygen atoms in total. The van der Waals surface area contributed by atoms with Gasteiger partial charge in [-0.1, -0.05) is 36.4 Å². The highest BCUT2D eigenvalue weighted by Crippen LogP contribution is 2.16. The van der Waals surface area contributed by atoms with Crippen molar-refractivity contribution in [3.8, 4) is 5.75 Å². The Balaban J connectivity index is 1.78. The molecule has 0 unspecified atom stereocenters. The number of nitrogens with one attached hydrogen (secondary N) is 1. The van der Waals surface area contributed by atoms with Gasteiger partial charge in [-0.3, -0.25) is 4.79 Å². The summed E-state index contributed by atoms with van der Waals surface area (Å²) >= 11 is 0. The van der Waals surface area contributed by atoms with E-state index in [9.17, 15) is 4.79 Å². The van der Waals surface area contributed by atoms with Crippen molar-refractivity contribution in [1.29, 1.82) is 0 Å². The standard InChI is InChI=1S/C18H22N2O2/c1-20(16-9-4-3-5-10-16)18(21)12-13-19-14-15-8-6-7-11-17(15)22-2/h3-11,19H,12-14H2,1-2H3. The Labute approximate surface area is 131 Å². The summed E-state index contributed by atoms with van der Waals surface area (Å²) in [6, 6.07) is 17.5. The normalized spacial score (nSPS) is 10.3. The lowest BCUT2D eigenvalue weighted by Crippen LogP contribution is -2.29. The third-order valence-corrected chi connectivity index (χ3v) is 3.54. The lowest BCUT2D eigenvalue weighted by atomic mass is 10.2. The fourth-order valence-corrected chi connectivity index (χ4v) is 2.23. The van der Waals surface area contributed by atoms with Gasteiger partial charge in [-0.25, -0.2) is 0 Å². The minimum atomic E-state index is 0.0960. The molecule has 4 heteroatoms. The van der Waals surface area contributed by atoms with E-state index < -0.39 is 0 Å². The summed E-state index contributed by atoms with van der Waals surface area (Å²) in [7, 11) is 3.47. The van der Waals surface area contributed by atoms with Crippen LogP contribution in [0, 0.1) is 0 Å². The van der Waals surface area contributed by atoms with Gasteiger partial charge in [0.1, 0.15) is 5.75 Å². The average molecular weight is 298 g/mol. The lowest BCUT2D eigenvalue weighted by Gasteiger charge is -2.17. The molecule has 0 atom stereocenters. The molecule has 0 bridgehead atoms. The number of nitrogens with zero attached hydrogens (tertiary/aromatic N) is 1. The zero-order valence-electron chi connectivity index (χ0n) is 13.1. The fourth-order valence-electron chi connectivity index (χ4n) is 2.23. The van der Waals surface area contributed by atoms with Gasteiger partial charge in [0.15, 0.2) is 0 Å². The maximum absolute atomic E-state index is 12.1. The van der Waals surface area contributed by atoms with E-state index in [2.05, 4.69) is 5.32 Å². The number of carbonyl (C=O) groups is 1. The van der Waals surface area contributed by atoms with Gasteiger partial charge in [-0.2, -0.15) is 0 Å². The van der Waals surface area contributed by atoms with Crippen molar-refractivity contribution >= 4 is 11.6 Å². The molecule has 0 heterocycles. The number of carbonyl (C=O) groups excluding carboxylic acids is 1. The molecule has 0 aromatic heterocycles. The van der Waals surface area contributed by atoms with E-state index in [4.69, 9.17) is 4.74 Å². The van der Waals surface area contributed by atoms with Crippen molar-refractivity contribution in [2.75, 3.05) is 25.6 Å². The van der Waals surface area contributed by atoms with Crippen molar-refractivity contribution in [3.05, 3.63) is 60.2 Å². The van der Waals surface area contributed by atoms with Crippen LogP contribution < -0.4 is 15.0 Å². The number of anilines is 1. The van der Waals surface area contributed by atoms with E-state index in [0.717, 1.165) is 17.0 Å². The molecule has 116 valence electrons. The SMILES string of the molecule is COc1ccccc1CNCCC(=O)N(C)c1ccccc1. The Hall–Kier alpha value is -2.33. The molecule has 0 spiro atoms. The first-order valence-electron chi connectivity index (χ1n) is 7.36. The topological polar surface area (TPSA) is 41.6 Å². The smallest absolute Gasteiger partial charge is 0.227 e. The minimum absolute atomic E-state index is 0.0960. The van der Waals surface area contributed by atoms with Crippen LogP contribution in [0.25, 0.3) is 0 Å². The number of methoxy groups -OCH3 is 1. The lowest BCUT2D eigenvalue weighted by molar-refractivity contribution is -0.118. The van der Waals surface area contributed by atoms with E-state index in [0.29, 0.717) is 19.5 Å². The van der Waals surface area contributed by atoms with Crippen LogP contribution in [-0.2, 0) is 11.3 Å². The summed E-state index contributed by atoms with van der Waals surface area (Å²) in [5.41, 5.74) is 2.01. The number of hydrogen-bond acceptors (Lipinski definition) is 3. The quantitative estimate of drug-likeness (QED) is 0.799. The van der Waals surface area contributed by atoms with E-state index in [1.54, 1.807) is 19.1 Å². The van der Waals surface area contributed by atoms with E-state index >= 15 is 0 Å². The van der Waals surface area contributed by atoms with Crippen LogP contribution in [0.5, 0.6) is 5.75 Å². The number of benzene rings is 2. The highest BCUT2D eigenvalue weighted by atomic mass is 16.5. The number of para-hydroxylation sites is 2. The van der Waals surface area contributed by atoms with Crippen LogP contribution in [0.1, 0.15) is 12.0 Å². The van der Waals surface area contributed by atoms with Gasteiger partial charge in [0.05, 0.1) is 7.11 Å². The molecule has 1 N–H and O–H groups in total. The highest BCUT2D eigenvalue weighted by molar-refractivity contribution is 5.92. The molecule has 1 amide bonds. The molecular formula is C18H22N2O2. The predicted molar refractivity (Wildman–Crippen MR) is 89.2 cm³/mol. The molecule has 0 fully saturated rings. The van der Waals surface area contributed by atoms with Crippen LogP contribution in [0.15, 0.2) is 54.6 Å². The van der Waals surface area contributed by atoms with Crippen molar-refractivity contribution in [2.24, 2.45) is 0 Å². The van der Waals surface area contributed by atoms with Gasteiger partial charge in [-0.05, 0) is 18.2 Å². The molecule has 2 aromatic rings. The Morgan fingerprint density at radius 3 is 2.50 bits per heavy atom. The maximum Gasteiger partial charge on any atom is 0.227 e. The Bertz CT molecular complexity index is 599. The maximum atomic E-state index is 12.1. The van der Waals surface area contributed by atoms with E-state index in [1.807, 2.05) is 54.6 Å². The van der Waals surface area contributed by atoms with E-state index in [-0.39, 0.29) is 5.91 Å². The number of rotatable bonds is 7. The van der Waals surface area contributed by atoms with Crippen LogP contribution in [0.3, 0.4) is 0 Å². The second-order valence-corrected chi connectivity index (χ2v) is 5.03. The molecule has 0 aliphatic heterocycles. The van der Waals surface area contributed by atoms with E-state index in [1.165, 1.54) is 0 Å². The summed E-state index contributed by atoms with van der Waals surface area (Å²) in [6.07, 6.45) is 0.459. The first kappa shape index (κ1) is 16.0. The van der Waals surface area contributed by atoms with Crippen molar-refractivity contribution in [2.45, 2.75) is 13.0 Å². The Morgan fingerprint density at radius 1 is 1.09 bits per heavy atom. The third kappa shape index (κ3) is 4.33. The summed E-state index contributed by atoms with van der Waals surface area (Å²) in [5.74, 6) is 0.960. The van der Waals surface area contributed by atoms with Crippen LogP contribution >= 0.6 is 0 Å². The Kier molecular flexibility index (Phi) is 5.98. The molecule has 0 saturated carbocycles. The molecular weight excluding hydrogens is 276 g/mol. The van der Waals surface area contributed by atoms with Gasteiger partial charge >= 0.3 is 0 Å². The first-order chi connectivity index (χ1) is 10.7. The van der Waals surface area contributed by atoms with Gasteiger partial charge in [-0.15, -0.1) is 0 Å². The van der Waals surface area contributed by atoms with Crippen molar-refractivity contribution in [3.63, 3.8) is 0 Å². The second-order valence-electron chi connectivity index (χ2n) is 5.03. The molecule has 0 radical (unpaired) electrons. The van der Waals surface area contributed by atoms with Gasteiger partial charge in [0.2, 0.25) is 5.91 Å². The predicted octanol–water partition coefficient (Wildman–Crippen LogP) is 2.84. The summed E-state index contributed by atoms with van der Waals surface area (Å²) < 4.78 is 5.30. The molecule has 0 aliphatic rings. The van der Waals surface area contributed by atoms with Crippen molar-refractivity contribution < 1.29 is 9.53 Å². The monoisotopic (exact) mass is 298 g/mol. The zero-order chi connectivity index (χ0) is 15.8. The molecule has 0 saturated heterocycles. The van der Waals surface area contributed by atoms with Gasteiger partial charge in [0, 0.05) is 37.8 Å². The largest absolute Gasteiger partial charge is 0.496 e. The number of hydrogen-bond donors (Lipinski definition) is 1. The van der Waals surface area contributed by atoms with Crippen LogP contribution in [0.4, 0.5) is 5.69 Å². The average Bonchev–Trinajstić information content (AvgIpc) is 2.59. The van der Waals surface area contributed by atoms with Gasteiger partial charge < -0.3 is 15.0 Å². The Morgan fingerprint density at radius 2 is 1.77 bits per heavy atom. The summed E-state index contributed by atoms with van der Waals surface area (Å²) in [4.78, 5) is 13.8. The highest BCUT2D eigenvalue weighted by Gasteiger charge is 2.10. The minimum Gasteiger partial charge on any atom is -0.496 e. The molecule has 2 aromatic carbocycles. The van der Waals surface area contributed by atoms with Crippen LogP contribution in [-0.4, -0.2) is 26.6 Å². The molecule has 2 rings (SSSR count). The fraction of sp³-hybridized carbons (Fsp3) is 0.278. The summed E-state index contributed by atoms with van der Waals surface area (Å²) in [5, 5.41) is 3.29. The summed E-state index contributed by atoms with van der Waals surface area (Å²) in [6.45, 7) is 1.32. The van der Waals surface area contributed by atoms with Gasteiger partial charge in [0.25, 0.3) is 0 Å². The second kappa shape index (κ2) is 8.20. The molecule has 22 heavy (non-hydrogen) atoms. The first-order valence-corrected chi connectivity index (χ1v) is 7.36. The molecule has 0 aliphatic carbocycles. The number of amides is 1. The van der Waals surface area contributed by atoms with Crippen LogP contribution in [0.2, 0.25) is 0 Å². The third-order valence-electron chi connectivity index (χ3n) is 3.54.